The van der Waals surface area contributed by atoms with Crippen molar-refractivity contribution < 1.29 is 0 Å². The third kappa shape index (κ3) is 3.24. The van der Waals surface area contributed by atoms with Crippen LogP contribution in [0.15, 0.2) is 31.0 Å². The molecule has 2 N–H and O–H groups in total. The standard InChI is InChI=1S/C16H23N5/c1-13(10-20-6-2-3-7-20)11-21-12-19-9-16(21)14-8-18-5-4-15(14)17/h4-5,8-9,12-13H,2-3,6-7,10-11H2,1H3,(H2,17,18). The van der Waals surface area contributed by atoms with Gasteiger partial charge < -0.3 is 15.2 Å². The topological polar surface area (TPSA) is 60.0 Å². The molecule has 3 rings (SSSR count). The van der Waals surface area contributed by atoms with Crippen molar-refractivity contribution in [2.24, 2.45) is 5.92 Å². The molecule has 2 aromatic heterocycles. The van der Waals surface area contributed by atoms with E-state index in [-0.39, 0.29) is 0 Å². The quantitative estimate of drug-likeness (QED) is 0.915. The summed E-state index contributed by atoms with van der Waals surface area (Å²) in [5.41, 5.74) is 8.81. The first-order chi connectivity index (χ1) is 10.2. The Labute approximate surface area is 125 Å². The van der Waals surface area contributed by atoms with Crippen molar-refractivity contribution in [2.75, 3.05) is 25.4 Å². The van der Waals surface area contributed by atoms with Crippen molar-refractivity contribution in [3.63, 3.8) is 0 Å². The van der Waals surface area contributed by atoms with Gasteiger partial charge in [-0.25, -0.2) is 4.98 Å². The summed E-state index contributed by atoms with van der Waals surface area (Å²) in [5, 5.41) is 0. The van der Waals surface area contributed by atoms with Crippen LogP contribution in [0.5, 0.6) is 0 Å². The first-order valence-electron chi connectivity index (χ1n) is 7.66. The second-order valence-electron chi connectivity index (χ2n) is 6.01. The molecule has 1 atom stereocenters. The van der Waals surface area contributed by atoms with Gasteiger partial charge in [0.1, 0.15) is 0 Å². The lowest BCUT2D eigenvalue weighted by molar-refractivity contribution is 0.272. The molecule has 21 heavy (non-hydrogen) atoms. The zero-order valence-electron chi connectivity index (χ0n) is 12.6. The summed E-state index contributed by atoms with van der Waals surface area (Å²) in [7, 11) is 0. The molecule has 1 aliphatic rings. The number of nitrogens with two attached hydrogens (primary N) is 1. The van der Waals surface area contributed by atoms with Gasteiger partial charge in [-0.1, -0.05) is 6.92 Å². The van der Waals surface area contributed by atoms with E-state index in [2.05, 4.69) is 26.4 Å². The van der Waals surface area contributed by atoms with Gasteiger partial charge in [0.25, 0.3) is 0 Å². The van der Waals surface area contributed by atoms with Crippen LogP contribution in [0.2, 0.25) is 0 Å². The largest absolute Gasteiger partial charge is 0.398 e. The molecule has 5 heteroatoms. The van der Waals surface area contributed by atoms with E-state index in [0.29, 0.717) is 5.92 Å². The first-order valence-corrected chi connectivity index (χ1v) is 7.66. The number of rotatable bonds is 5. The molecule has 1 fully saturated rings. The summed E-state index contributed by atoms with van der Waals surface area (Å²) in [6.45, 7) is 6.91. The van der Waals surface area contributed by atoms with Crippen LogP contribution in [0.4, 0.5) is 5.69 Å². The fourth-order valence-electron chi connectivity index (χ4n) is 3.11. The number of nitrogens with zero attached hydrogens (tertiary/aromatic N) is 4. The van der Waals surface area contributed by atoms with E-state index in [1.165, 1.54) is 25.9 Å². The number of pyridine rings is 1. The minimum absolute atomic E-state index is 0.592. The van der Waals surface area contributed by atoms with Crippen molar-refractivity contribution in [1.82, 2.24) is 19.4 Å². The van der Waals surface area contributed by atoms with E-state index in [9.17, 15) is 0 Å². The van der Waals surface area contributed by atoms with Gasteiger partial charge in [0.05, 0.1) is 18.2 Å². The highest BCUT2D eigenvalue weighted by molar-refractivity contribution is 5.72. The SMILES string of the molecule is CC(CN1CCCC1)Cn1cncc1-c1cnccc1N. The fraction of sp³-hybridized carbons (Fsp3) is 0.500. The molecular formula is C16H23N5. The predicted octanol–water partition coefficient (Wildman–Crippen LogP) is 2.26. The molecule has 0 bridgehead atoms. The van der Waals surface area contributed by atoms with Crippen molar-refractivity contribution in [3.8, 4) is 11.3 Å². The monoisotopic (exact) mass is 285 g/mol. The summed E-state index contributed by atoms with van der Waals surface area (Å²) < 4.78 is 2.19. The van der Waals surface area contributed by atoms with Gasteiger partial charge in [0.2, 0.25) is 0 Å². The predicted molar refractivity (Wildman–Crippen MR) is 84.7 cm³/mol. The Morgan fingerprint density at radius 1 is 1.19 bits per heavy atom. The number of likely N-dealkylation sites (tertiary alicyclic amines) is 1. The van der Waals surface area contributed by atoms with Crippen molar-refractivity contribution >= 4 is 5.69 Å². The Hall–Kier alpha value is -1.88. The van der Waals surface area contributed by atoms with Crippen LogP contribution in [0.25, 0.3) is 11.3 Å². The maximum Gasteiger partial charge on any atom is 0.0951 e. The van der Waals surface area contributed by atoms with Crippen molar-refractivity contribution in [2.45, 2.75) is 26.3 Å². The first kappa shape index (κ1) is 14.1. The van der Waals surface area contributed by atoms with Gasteiger partial charge in [-0.15, -0.1) is 0 Å². The summed E-state index contributed by atoms with van der Waals surface area (Å²) in [6, 6.07) is 1.83. The molecule has 2 aromatic rings. The van der Waals surface area contributed by atoms with E-state index < -0.39 is 0 Å². The van der Waals surface area contributed by atoms with Crippen LogP contribution in [-0.4, -0.2) is 39.1 Å². The number of hydrogen-bond donors (Lipinski definition) is 1. The molecule has 1 saturated heterocycles. The highest BCUT2D eigenvalue weighted by Gasteiger charge is 2.16. The molecule has 0 aromatic carbocycles. The average molecular weight is 285 g/mol. The van der Waals surface area contributed by atoms with Gasteiger partial charge in [-0.2, -0.15) is 0 Å². The number of aromatic nitrogens is 3. The van der Waals surface area contributed by atoms with Gasteiger partial charge in [-0.05, 0) is 37.9 Å². The van der Waals surface area contributed by atoms with Crippen molar-refractivity contribution in [1.29, 1.82) is 0 Å². The molecule has 0 saturated carbocycles. The zero-order valence-corrected chi connectivity index (χ0v) is 12.6. The third-order valence-corrected chi connectivity index (χ3v) is 4.12. The Kier molecular flexibility index (Phi) is 4.20. The minimum Gasteiger partial charge on any atom is -0.398 e. The van der Waals surface area contributed by atoms with E-state index >= 15 is 0 Å². The number of hydrogen-bond acceptors (Lipinski definition) is 4. The van der Waals surface area contributed by atoms with E-state index in [4.69, 9.17) is 5.73 Å². The number of imidazole rings is 1. The normalized spacial score (nSPS) is 17.2. The lowest BCUT2D eigenvalue weighted by atomic mass is 10.1. The van der Waals surface area contributed by atoms with Gasteiger partial charge in [0, 0.05) is 36.7 Å². The molecular weight excluding hydrogens is 262 g/mol. The maximum atomic E-state index is 6.05. The van der Waals surface area contributed by atoms with Crippen molar-refractivity contribution in [3.05, 3.63) is 31.0 Å². The summed E-state index contributed by atoms with van der Waals surface area (Å²) >= 11 is 0. The van der Waals surface area contributed by atoms with E-state index in [0.717, 1.165) is 30.0 Å². The Morgan fingerprint density at radius 3 is 2.76 bits per heavy atom. The van der Waals surface area contributed by atoms with Crippen LogP contribution in [-0.2, 0) is 6.54 Å². The summed E-state index contributed by atoms with van der Waals surface area (Å²) in [6.07, 6.45) is 9.98. The maximum absolute atomic E-state index is 6.05. The second-order valence-corrected chi connectivity index (χ2v) is 6.01. The molecule has 0 amide bonds. The molecule has 5 nitrogen and oxygen atoms in total. The van der Waals surface area contributed by atoms with Gasteiger partial charge in [-0.3, -0.25) is 4.98 Å². The Balaban J connectivity index is 1.72. The fourth-order valence-corrected chi connectivity index (χ4v) is 3.11. The third-order valence-electron chi connectivity index (χ3n) is 4.12. The molecule has 3 heterocycles. The molecule has 1 unspecified atom stereocenters. The van der Waals surface area contributed by atoms with Crippen LogP contribution in [0.3, 0.4) is 0 Å². The molecule has 0 radical (unpaired) electrons. The van der Waals surface area contributed by atoms with E-state index in [1.807, 2.05) is 24.8 Å². The molecule has 1 aliphatic heterocycles. The lowest BCUT2D eigenvalue weighted by Gasteiger charge is -2.21. The Bertz CT molecular complexity index is 586. The zero-order chi connectivity index (χ0) is 14.7. The van der Waals surface area contributed by atoms with E-state index in [1.54, 1.807) is 6.20 Å². The number of nitrogen functional groups attached to an aromatic ring is 1. The van der Waals surface area contributed by atoms with Crippen LogP contribution < -0.4 is 5.73 Å². The molecule has 0 aliphatic carbocycles. The minimum atomic E-state index is 0.592. The van der Waals surface area contributed by atoms with Crippen LogP contribution >= 0.6 is 0 Å². The lowest BCUT2D eigenvalue weighted by Crippen LogP contribution is -2.27. The summed E-state index contributed by atoms with van der Waals surface area (Å²) in [5.74, 6) is 0.592. The average Bonchev–Trinajstić information content (AvgIpc) is 3.11. The van der Waals surface area contributed by atoms with Crippen LogP contribution in [0, 0.1) is 5.92 Å². The van der Waals surface area contributed by atoms with Gasteiger partial charge in [0.15, 0.2) is 0 Å². The molecule has 112 valence electrons. The second kappa shape index (κ2) is 6.26. The molecule has 0 spiro atoms. The summed E-state index contributed by atoms with van der Waals surface area (Å²) in [4.78, 5) is 11.0. The van der Waals surface area contributed by atoms with Gasteiger partial charge >= 0.3 is 0 Å². The van der Waals surface area contributed by atoms with Crippen LogP contribution in [0.1, 0.15) is 19.8 Å². The Morgan fingerprint density at radius 2 is 2.00 bits per heavy atom. The highest BCUT2D eigenvalue weighted by atomic mass is 15.1. The number of anilines is 1. The highest BCUT2D eigenvalue weighted by Crippen LogP contribution is 2.25. The smallest absolute Gasteiger partial charge is 0.0951 e.